The minimum atomic E-state index is -1.03. The van der Waals surface area contributed by atoms with Gasteiger partial charge in [-0.25, -0.2) is 9.59 Å². The number of carboxylic acid groups (broad SMARTS) is 1. The van der Waals surface area contributed by atoms with E-state index >= 15 is 0 Å². The van der Waals surface area contributed by atoms with Crippen molar-refractivity contribution in [3.63, 3.8) is 0 Å². The summed E-state index contributed by atoms with van der Waals surface area (Å²) in [6.07, 6.45) is 2.03. The molecule has 0 aliphatic carbocycles. The molecule has 104 valence electrons. The summed E-state index contributed by atoms with van der Waals surface area (Å²) >= 11 is 5.79. The molecule has 0 bridgehead atoms. The maximum Gasteiger partial charge on any atom is 0.326 e. The third-order valence-corrected chi connectivity index (χ3v) is 2.77. The van der Waals surface area contributed by atoms with Gasteiger partial charge in [-0.3, -0.25) is 0 Å². The standard InChI is InChI=1S/C13H17ClN2O3/c1-2-3-7-11(12(17)18)16-13(19)15-10-6-4-5-9(14)8-10/h4-6,8,11H,2-3,7H2,1H3,(H,17,18)(H2,15,16,19). The first kappa shape index (κ1) is 15.3. The van der Waals surface area contributed by atoms with Crippen molar-refractivity contribution in [3.8, 4) is 0 Å². The Labute approximate surface area is 117 Å². The van der Waals surface area contributed by atoms with Gasteiger partial charge >= 0.3 is 12.0 Å². The van der Waals surface area contributed by atoms with Crippen LogP contribution in [0.4, 0.5) is 10.5 Å². The molecule has 1 atom stereocenters. The molecule has 1 unspecified atom stereocenters. The van der Waals surface area contributed by atoms with Crippen LogP contribution in [0, 0.1) is 0 Å². The van der Waals surface area contributed by atoms with Gasteiger partial charge in [0.15, 0.2) is 0 Å². The topological polar surface area (TPSA) is 78.4 Å². The van der Waals surface area contributed by atoms with Crippen LogP contribution >= 0.6 is 11.6 Å². The van der Waals surface area contributed by atoms with Crippen molar-refractivity contribution in [2.75, 3.05) is 5.32 Å². The zero-order valence-electron chi connectivity index (χ0n) is 10.6. The quantitative estimate of drug-likeness (QED) is 0.751. The molecule has 0 fully saturated rings. The molecule has 0 saturated heterocycles. The first-order chi connectivity index (χ1) is 9.02. The fourth-order valence-electron chi connectivity index (χ4n) is 1.56. The van der Waals surface area contributed by atoms with Crippen LogP contribution in [0.2, 0.25) is 5.02 Å². The fourth-order valence-corrected chi connectivity index (χ4v) is 1.75. The molecule has 1 rings (SSSR count). The van der Waals surface area contributed by atoms with E-state index in [2.05, 4.69) is 10.6 Å². The summed E-state index contributed by atoms with van der Waals surface area (Å²) in [7, 11) is 0. The van der Waals surface area contributed by atoms with Gasteiger partial charge in [0.25, 0.3) is 0 Å². The number of benzene rings is 1. The lowest BCUT2D eigenvalue weighted by atomic mass is 10.1. The summed E-state index contributed by atoms with van der Waals surface area (Å²) in [6, 6.07) is 5.22. The van der Waals surface area contributed by atoms with Gasteiger partial charge in [0, 0.05) is 10.7 Å². The molecule has 3 N–H and O–H groups in total. The van der Waals surface area contributed by atoms with Crippen molar-refractivity contribution in [3.05, 3.63) is 29.3 Å². The molecule has 0 spiro atoms. The molecule has 0 saturated carbocycles. The van der Waals surface area contributed by atoms with Gasteiger partial charge < -0.3 is 15.7 Å². The minimum absolute atomic E-state index is 0.412. The summed E-state index contributed by atoms with van der Waals surface area (Å²) in [5.41, 5.74) is 0.518. The van der Waals surface area contributed by atoms with Gasteiger partial charge in [-0.05, 0) is 24.6 Å². The van der Waals surface area contributed by atoms with Crippen LogP contribution in [0.5, 0.6) is 0 Å². The highest BCUT2D eigenvalue weighted by Crippen LogP contribution is 2.14. The maximum atomic E-state index is 11.7. The number of aliphatic carboxylic acids is 1. The SMILES string of the molecule is CCCCC(NC(=O)Nc1cccc(Cl)c1)C(=O)O. The molecule has 1 aromatic carbocycles. The Kier molecular flexibility index (Phi) is 6.15. The minimum Gasteiger partial charge on any atom is -0.480 e. The van der Waals surface area contributed by atoms with Crippen molar-refractivity contribution in [1.29, 1.82) is 0 Å². The number of hydrogen-bond donors (Lipinski definition) is 3. The largest absolute Gasteiger partial charge is 0.480 e. The van der Waals surface area contributed by atoms with E-state index in [1.165, 1.54) is 0 Å². The van der Waals surface area contributed by atoms with Gasteiger partial charge in [0.05, 0.1) is 0 Å². The second kappa shape index (κ2) is 7.63. The van der Waals surface area contributed by atoms with Crippen LogP contribution in [-0.2, 0) is 4.79 Å². The fraction of sp³-hybridized carbons (Fsp3) is 0.385. The summed E-state index contributed by atoms with van der Waals surface area (Å²) in [4.78, 5) is 22.7. The number of nitrogens with one attached hydrogen (secondary N) is 2. The third-order valence-electron chi connectivity index (χ3n) is 2.53. The number of carbonyl (C=O) groups is 2. The summed E-state index contributed by atoms with van der Waals surface area (Å²) < 4.78 is 0. The third kappa shape index (κ3) is 5.61. The second-order valence-corrected chi connectivity index (χ2v) is 4.58. The highest BCUT2D eigenvalue weighted by molar-refractivity contribution is 6.30. The molecular formula is C13H17ClN2O3. The molecule has 0 aromatic heterocycles. The number of hydrogen-bond acceptors (Lipinski definition) is 2. The molecule has 0 aliphatic heterocycles. The van der Waals surface area contributed by atoms with Crippen molar-refractivity contribution in [2.24, 2.45) is 0 Å². The molecule has 2 amide bonds. The normalized spacial score (nSPS) is 11.7. The predicted octanol–water partition coefficient (Wildman–Crippen LogP) is 3.10. The van der Waals surface area contributed by atoms with Crippen molar-refractivity contribution in [2.45, 2.75) is 32.2 Å². The molecule has 0 heterocycles. The molecule has 1 aromatic rings. The molecule has 0 radical (unpaired) electrons. The van der Waals surface area contributed by atoms with E-state index in [-0.39, 0.29) is 0 Å². The summed E-state index contributed by atoms with van der Waals surface area (Å²) in [6.45, 7) is 1.96. The van der Waals surface area contributed by atoms with Gasteiger partial charge in [0.1, 0.15) is 6.04 Å². The first-order valence-electron chi connectivity index (χ1n) is 6.08. The summed E-state index contributed by atoms with van der Waals surface area (Å²) in [5.74, 6) is -1.03. The number of anilines is 1. The average molecular weight is 285 g/mol. The van der Waals surface area contributed by atoms with E-state index in [1.54, 1.807) is 24.3 Å². The van der Waals surface area contributed by atoms with Gasteiger partial charge in [-0.15, -0.1) is 0 Å². The van der Waals surface area contributed by atoms with Crippen molar-refractivity contribution in [1.82, 2.24) is 5.32 Å². The predicted molar refractivity (Wildman–Crippen MR) is 74.6 cm³/mol. The summed E-state index contributed by atoms with van der Waals surface area (Å²) in [5, 5.41) is 14.5. The number of halogens is 1. The van der Waals surface area contributed by atoms with E-state index in [1.807, 2.05) is 6.92 Å². The Morgan fingerprint density at radius 2 is 2.16 bits per heavy atom. The van der Waals surface area contributed by atoms with E-state index in [9.17, 15) is 9.59 Å². The molecule has 6 heteroatoms. The second-order valence-electron chi connectivity index (χ2n) is 4.14. The Morgan fingerprint density at radius 3 is 2.74 bits per heavy atom. The lowest BCUT2D eigenvalue weighted by Crippen LogP contribution is -2.42. The number of unbranched alkanes of at least 4 members (excludes halogenated alkanes) is 1. The Morgan fingerprint density at radius 1 is 1.42 bits per heavy atom. The van der Waals surface area contributed by atoms with Gasteiger partial charge in [-0.1, -0.05) is 37.4 Å². The number of carbonyl (C=O) groups excluding carboxylic acids is 1. The molecule has 0 aliphatic rings. The van der Waals surface area contributed by atoms with Crippen LogP contribution in [0.1, 0.15) is 26.2 Å². The number of rotatable bonds is 6. The molecular weight excluding hydrogens is 268 g/mol. The van der Waals surface area contributed by atoms with Gasteiger partial charge in [-0.2, -0.15) is 0 Å². The zero-order valence-corrected chi connectivity index (χ0v) is 11.4. The van der Waals surface area contributed by atoms with E-state index < -0.39 is 18.0 Å². The number of urea groups is 1. The monoisotopic (exact) mass is 284 g/mol. The first-order valence-corrected chi connectivity index (χ1v) is 6.46. The van der Waals surface area contributed by atoms with Crippen molar-refractivity contribution >= 4 is 29.3 Å². The molecule has 19 heavy (non-hydrogen) atoms. The van der Waals surface area contributed by atoms with Crippen LogP contribution in [-0.4, -0.2) is 23.1 Å². The Balaban J connectivity index is 2.55. The van der Waals surface area contributed by atoms with E-state index in [4.69, 9.17) is 16.7 Å². The Hall–Kier alpha value is -1.75. The highest BCUT2D eigenvalue weighted by Gasteiger charge is 2.19. The smallest absolute Gasteiger partial charge is 0.326 e. The van der Waals surface area contributed by atoms with Crippen molar-refractivity contribution < 1.29 is 14.7 Å². The van der Waals surface area contributed by atoms with Gasteiger partial charge in [0.2, 0.25) is 0 Å². The number of amides is 2. The lowest BCUT2D eigenvalue weighted by molar-refractivity contribution is -0.139. The van der Waals surface area contributed by atoms with Crippen LogP contribution < -0.4 is 10.6 Å². The number of carboxylic acids is 1. The van der Waals surface area contributed by atoms with Crippen LogP contribution in [0.25, 0.3) is 0 Å². The maximum absolute atomic E-state index is 11.7. The van der Waals surface area contributed by atoms with E-state index in [0.717, 1.165) is 12.8 Å². The average Bonchev–Trinajstić information content (AvgIpc) is 2.34. The zero-order chi connectivity index (χ0) is 14.3. The Bertz CT molecular complexity index is 451. The van der Waals surface area contributed by atoms with Crippen LogP contribution in [0.3, 0.4) is 0 Å². The highest BCUT2D eigenvalue weighted by atomic mass is 35.5. The lowest BCUT2D eigenvalue weighted by Gasteiger charge is -2.14. The van der Waals surface area contributed by atoms with Crippen LogP contribution in [0.15, 0.2) is 24.3 Å². The molecule has 5 nitrogen and oxygen atoms in total. The van der Waals surface area contributed by atoms with E-state index in [0.29, 0.717) is 17.1 Å².